The molecule has 0 radical (unpaired) electrons. The van der Waals surface area contributed by atoms with Gasteiger partial charge in [0, 0.05) is 6.61 Å². The number of hydrogen-bond donors (Lipinski definition) is 1. The fourth-order valence-corrected chi connectivity index (χ4v) is 4.13. The van der Waals surface area contributed by atoms with E-state index >= 15 is 0 Å². The van der Waals surface area contributed by atoms with Crippen LogP contribution in [0.4, 0.5) is 0 Å². The van der Waals surface area contributed by atoms with Gasteiger partial charge in [-0.1, -0.05) is 39.0 Å². The van der Waals surface area contributed by atoms with Crippen LogP contribution in [0.1, 0.15) is 71.6 Å². The summed E-state index contributed by atoms with van der Waals surface area (Å²) >= 11 is 0. The van der Waals surface area contributed by atoms with Gasteiger partial charge in [0.05, 0.1) is 11.7 Å². The quantitative estimate of drug-likeness (QED) is 0.806. The van der Waals surface area contributed by atoms with E-state index in [1.807, 2.05) is 0 Å². The normalized spacial score (nSPS) is 33.5. The van der Waals surface area contributed by atoms with Crippen molar-refractivity contribution in [3.05, 3.63) is 0 Å². The second-order valence-electron chi connectivity index (χ2n) is 6.34. The highest BCUT2D eigenvalue weighted by Crippen LogP contribution is 2.43. The second-order valence-corrected chi connectivity index (χ2v) is 6.34. The van der Waals surface area contributed by atoms with Gasteiger partial charge < -0.3 is 9.84 Å². The summed E-state index contributed by atoms with van der Waals surface area (Å²) in [5.41, 5.74) is -0.196. The van der Waals surface area contributed by atoms with Crippen LogP contribution in [0.3, 0.4) is 0 Å². The molecule has 2 rings (SSSR count). The van der Waals surface area contributed by atoms with E-state index in [1.54, 1.807) is 0 Å². The summed E-state index contributed by atoms with van der Waals surface area (Å²) in [4.78, 5) is 0. The van der Waals surface area contributed by atoms with Gasteiger partial charge in [-0.15, -0.1) is 0 Å². The lowest BCUT2D eigenvalue weighted by Gasteiger charge is -2.41. The number of rotatable bonds is 5. The second kappa shape index (κ2) is 6.38. The highest BCUT2D eigenvalue weighted by atomic mass is 16.5. The van der Waals surface area contributed by atoms with Gasteiger partial charge in [-0.05, 0) is 44.4 Å². The number of aliphatic hydroxyl groups excluding tert-OH is 1. The lowest BCUT2D eigenvalue weighted by molar-refractivity contribution is -0.141. The lowest BCUT2D eigenvalue weighted by Crippen LogP contribution is -2.47. The zero-order chi connectivity index (χ0) is 13.0. The van der Waals surface area contributed by atoms with Crippen molar-refractivity contribution in [1.29, 1.82) is 0 Å². The summed E-state index contributed by atoms with van der Waals surface area (Å²) in [5, 5.41) is 10.8. The van der Waals surface area contributed by atoms with Gasteiger partial charge in [-0.2, -0.15) is 0 Å². The first-order chi connectivity index (χ1) is 8.72. The summed E-state index contributed by atoms with van der Waals surface area (Å²) in [6.07, 6.45) is 10.7. The van der Waals surface area contributed by atoms with Gasteiger partial charge in [-0.3, -0.25) is 0 Å². The SMILES string of the molecule is CCOC1(C(O)C2CCC(CC)CC2)CCCC1. The molecule has 18 heavy (non-hydrogen) atoms. The van der Waals surface area contributed by atoms with Crippen molar-refractivity contribution in [2.75, 3.05) is 6.61 Å². The first kappa shape index (κ1) is 14.3. The average molecular weight is 254 g/mol. The van der Waals surface area contributed by atoms with Crippen LogP contribution in [0.2, 0.25) is 0 Å². The van der Waals surface area contributed by atoms with Gasteiger partial charge in [0.1, 0.15) is 0 Å². The summed E-state index contributed by atoms with van der Waals surface area (Å²) in [5.74, 6) is 1.39. The van der Waals surface area contributed by atoms with Crippen molar-refractivity contribution >= 4 is 0 Å². The van der Waals surface area contributed by atoms with E-state index in [2.05, 4.69) is 13.8 Å². The number of hydrogen-bond acceptors (Lipinski definition) is 2. The van der Waals surface area contributed by atoms with E-state index in [0.717, 1.165) is 25.4 Å². The molecule has 1 atom stereocenters. The minimum absolute atomic E-state index is 0.196. The average Bonchev–Trinajstić information content (AvgIpc) is 2.88. The molecule has 0 aliphatic heterocycles. The molecule has 0 spiro atoms. The molecule has 2 fully saturated rings. The smallest absolute Gasteiger partial charge is 0.0942 e. The van der Waals surface area contributed by atoms with E-state index in [1.165, 1.54) is 44.9 Å². The zero-order valence-electron chi connectivity index (χ0n) is 12.2. The molecule has 2 aliphatic rings. The molecule has 0 aromatic carbocycles. The minimum atomic E-state index is -0.224. The molecular formula is C16H30O2. The maximum atomic E-state index is 10.8. The molecular weight excluding hydrogens is 224 g/mol. The van der Waals surface area contributed by atoms with Crippen LogP contribution in [-0.4, -0.2) is 23.4 Å². The molecule has 106 valence electrons. The Kier molecular flexibility index (Phi) is 5.08. The first-order valence-electron chi connectivity index (χ1n) is 8.04. The molecule has 2 heteroatoms. The van der Waals surface area contributed by atoms with Crippen LogP contribution in [-0.2, 0) is 4.74 Å². The minimum Gasteiger partial charge on any atom is -0.390 e. The third-order valence-corrected chi connectivity index (χ3v) is 5.34. The Morgan fingerprint density at radius 1 is 1.11 bits per heavy atom. The topological polar surface area (TPSA) is 29.5 Å². The highest BCUT2D eigenvalue weighted by Gasteiger charge is 2.45. The number of ether oxygens (including phenoxy) is 1. The van der Waals surface area contributed by atoms with E-state index in [9.17, 15) is 5.11 Å². The first-order valence-corrected chi connectivity index (χ1v) is 8.04. The Labute approximate surface area is 112 Å². The van der Waals surface area contributed by atoms with E-state index in [0.29, 0.717) is 5.92 Å². The van der Waals surface area contributed by atoms with Crippen molar-refractivity contribution in [2.24, 2.45) is 11.8 Å². The van der Waals surface area contributed by atoms with Crippen molar-refractivity contribution in [3.8, 4) is 0 Å². The lowest BCUT2D eigenvalue weighted by atomic mass is 9.74. The summed E-state index contributed by atoms with van der Waals surface area (Å²) in [6.45, 7) is 5.09. The highest BCUT2D eigenvalue weighted by molar-refractivity contribution is 4.96. The molecule has 1 N–H and O–H groups in total. The Morgan fingerprint density at radius 3 is 2.22 bits per heavy atom. The summed E-state index contributed by atoms with van der Waals surface area (Å²) in [7, 11) is 0. The molecule has 0 saturated heterocycles. The van der Waals surface area contributed by atoms with Crippen molar-refractivity contribution in [1.82, 2.24) is 0 Å². The van der Waals surface area contributed by atoms with Crippen LogP contribution in [0, 0.1) is 11.8 Å². The van der Waals surface area contributed by atoms with Crippen molar-refractivity contribution in [2.45, 2.75) is 83.3 Å². The maximum Gasteiger partial charge on any atom is 0.0942 e. The van der Waals surface area contributed by atoms with Gasteiger partial charge >= 0.3 is 0 Å². The Bertz CT molecular complexity index is 237. The van der Waals surface area contributed by atoms with Crippen LogP contribution in [0.25, 0.3) is 0 Å². The fourth-order valence-electron chi connectivity index (χ4n) is 4.13. The van der Waals surface area contributed by atoms with Crippen LogP contribution < -0.4 is 0 Å². The molecule has 0 aromatic rings. The Morgan fingerprint density at radius 2 is 1.72 bits per heavy atom. The summed E-state index contributed by atoms with van der Waals surface area (Å²) in [6, 6.07) is 0. The molecule has 2 aliphatic carbocycles. The fraction of sp³-hybridized carbons (Fsp3) is 1.00. The molecule has 0 heterocycles. The van der Waals surface area contributed by atoms with Gasteiger partial charge in [0.15, 0.2) is 0 Å². The van der Waals surface area contributed by atoms with Gasteiger partial charge in [0.2, 0.25) is 0 Å². The van der Waals surface area contributed by atoms with Crippen LogP contribution in [0.15, 0.2) is 0 Å². The monoisotopic (exact) mass is 254 g/mol. The zero-order valence-corrected chi connectivity index (χ0v) is 12.2. The molecule has 0 amide bonds. The molecule has 2 saturated carbocycles. The van der Waals surface area contributed by atoms with Crippen LogP contribution >= 0.6 is 0 Å². The van der Waals surface area contributed by atoms with Gasteiger partial charge in [0.25, 0.3) is 0 Å². The molecule has 0 bridgehead atoms. The Hall–Kier alpha value is -0.0800. The summed E-state index contributed by atoms with van der Waals surface area (Å²) < 4.78 is 6.01. The van der Waals surface area contributed by atoms with Crippen LogP contribution in [0.5, 0.6) is 0 Å². The molecule has 0 aromatic heterocycles. The largest absolute Gasteiger partial charge is 0.390 e. The third kappa shape index (κ3) is 2.91. The standard InChI is InChI=1S/C16H30O2/c1-3-13-7-9-14(10-8-13)15(17)16(18-4-2)11-5-6-12-16/h13-15,17H,3-12H2,1-2H3. The van der Waals surface area contributed by atoms with Crippen molar-refractivity contribution < 1.29 is 9.84 Å². The number of aliphatic hydroxyl groups is 1. The molecule has 1 unspecified atom stereocenters. The van der Waals surface area contributed by atoms with E-state index < -0.39 is 0 Å². The predicted octanol–water partition coefficient (Wildman–Crippen LogP) is 3.91. The molecule has 2 nitrogen and oxygen atoms in total. The predicted molar refractivity (Wildman–Crippen MR) is 74.6 cm³/mol. The third-order valence-electron chi connectivity index (χ3n) is 5.34. The van der Waals surface area contributed by atoms with Crippen molar-refractivity contribution in [3.63, 3.8) is 0 Å². The van der Waals surface area contributed by atoms with E-state index in [-0.39, 0.29) is 11.7 Å². The van der Waals surface area contributed by atoms with Gasteiger partial charge in [-0.25, -0.2) is 0 Å². The van der Waals surface area contributed by atoms with E-state index in [4.69, 9.17) is 4.74 Å². The Balaban J connectivity index is 1.94. The maximum absolute atomic E-state index is 10.8.